The lowest BCUT2D eigenvalue weighted by molar-refractivity contribution is 0.415. The first-order valence-electron chi connectivity index (χ1n) is 4.56. The smallest absolute Gasteiger partial charge is 0.181 e. The molecule has 15 heavy (non-hydrogen) atoms. The minimum Gasteiger partial charge on any atom is -0.496 e. The van der Waals surface area contributed by atoms with Crippen molar-refractivity contribution in [1.29, 1.82) is 0 Å². The summed E-state index contributed by atoms with van der Waals surface area (Å²) in [6.07, 6.45) is 1.42. The number of nitrogens with two attached hydrogens (primary N) is 1. The van der Waals surface area contributed by atoms with Crippen LogP contribution >= 0.6 is 0 Å². The van der Waals surface area contributed by atoms with Crippen LogP contribution in [0.15, 0.2) is 29.0 Å². The number of oxazole rings is 1. The summed E-state index contributed by atoms with van der Waals surface area (Å²) in [4.78, 5) is 4.04. The molecule has 2 rings (SSSR count). The number of rotatable bonds is 2. The van der Waals surface area contributed by atoms with Crippen LogP contribution in [0.2, 0.25) is 0 Å². The number of hydrogen-bond donors (Lipinski definition) is 1. The summed E-state index contributed by atoms with van der Waals surface area (Å²) in [7, 11) is 1.60. The van der Waals surface area contributed by atoms with Crippen LogP contribution in [0.25, 0.3) is 11.3 Å². The lowest BCUT2D eigenvalue weighted by Gasteiger charge is -2.07. The van der Waals surface area contributed by atoms with Crippen molar-refractivity contribution in [3.63, 3.8) is 0 Å². The van der Waals surface area contributed by atoms with E-state index in [0.717, 1.165) is 11.3 Å². The largest absolute Gasteiger partial charge is 0.496 e. The highest BCUT2D eigenvalue weighted by atomic mass is 16.5. The second kappa shape index (κ2) is 3.65. The van der Waals surface area contributed by atoms with E-state index < -0.39 is 0 Å². The molecule has 4 nitrogen and oxygen atoms in total. The quantitative estimate of drug-likeness (QED) is 0.762. The summed E-state index contributed by atoms with van der Waals surface area (Å²) < 4.78 is 10.5. The van der Waals surface area contributed by atoms with Crippen molar-refractivity contribution >= 4 is 5.69 Å². The summed E-state index contributed by atoms with van der Waals surface area (Å²) in [5.41, 5.74) is 8.02. The van der Waals surface area contributed by atoms with Gasteiger partial charge in [-0.2, -0.15) is 0 Å². The van der Waals surface area contributed by atoms with Gasteiger partial charge < -0.3 is 14.9 Å². The Morgan fingerprint density at radius 3 is 2.80 bits per heavy atom. The number of aromatic nitrogens is 1. The lowest BCUT2D eigenvalue weighted by Crippen LogP contribution is -1.91. The normalized spacial score (nSPS) is 10.3. The molecule has 1 heterocycles. The first-order valence-corrected chi connectivity index (χ1v) is 4.56. The Balaban J connectivity index is 2.58. The highest BCUT2D eigenvalue weighted by Gasteiger charge is 2.12. The Labute approximate surface area is 87.7 Å². The van der Waals surface area contributed by atoms with Gasteiger partial charge >= 0.3 is 0 Å². The fourth-order valence-electron chi connectivity index (χ4n) is 1.46. The molecule has 1 aromatic heterocycles. The second-order valence-electron chi connectivity index (χ2n) is 3.23. The van der Waals surface area contributed by atoms with Crippen molar-refractivity contribution in [3.05, 3.63) is 30.3 Å². The van der Waals surface area contributed by atoms with Gasteiger partial charge in [0.25, 0.3) is 0 Å². The molecule has 0 spiro atoms. The van der Waals surface area contributed by atoms with Gasteiger partial charge in [-0.15, -0.1) is 0 Å². The maximum atomic E-state index is 5.67. The molecule has 0 aliphatic carbocycles. The van der Waals surface area contributed by atoms with E-state index in [4.69, 9.17) is 14.9 Å². The summed E-state index contributed by atoms with van der Waals surface area (Å²) in [6.45, 7) is 1.88. The van der Waals surface area contributed by atoms with Gasteiger partial charge in [0.1, 0.15) is 5.75 Å². The van der Waals surface area contributed by atoms with E-state index in [1.54, 1.807) is 19.2 Å². The minimum absolute atomic E-state index is 0.660. The zero-order chi connectivity index (χ0) is 10.8. The van der Waals surface area contributed by atoms with Crippen LogP contribution in [0.1, 0.15) is 5.69 Å². The third-order valence-electron chi connectivity index (χ3n) is 2.22. The minimum atomic E-state index is 0.660. The Morgan fingerprint density at radius 1 is 1.40 bits per heavy atom. The molecule has 1 aromatic carbocycles. The van der Waals surface area contributed by atoms with Crippen molar-refractivity contribution in [2.45, 2.75) is 6.92 Å². The summed E-state index contributed by atoms with van der Waals surface area (Å²) >= 11 is 0. The maximum Gasteiger partial charge on any atom is 0.181 e. The van der Waals surface area contributed by atoms with Crippen molar-refractivity contribution in [2.75, 3.05) is 12.8 Å². The molecule has 0 unspecified atom stereocenters. The van der Waals surface area contributed by atoms with E-state index in [1.807, 2.05) is 13.0 Å². The molecule has 2 aromatic rings. The summed E-state index contributed by atoms with van der Waals surface area (Å²) in [6, 6.07) is 5.43. The fourth-order valence-corrected chi connectivity index (χ4v) is 1.46. The van der Waals surface area contributed by atoms with Gasteiger partial charge in [-0.25, -0.2) is 4.98 Å². The standard InChI is InChI=1S/C11H12N2O2/c1-7-11(15-6-13-7)9-4-3-8(12)5-10(9)14-2/h3-6H,12H2,1-2H3. The van der Waals surface area contributed by atoms with E-state index in [-0.39, 0.29) is 0 Å². The van der Waals surface area contributed by atoms with Gasteiger partial charge in [0.15, 0.2) is 12.2 Å². The molecule has 0 amide bonds. The predicted molar refractivity (Wildman–Crippen MR) is 57.6 cm³/mol. The molecule has 0 fully saturated rings. The van der Waals surface area contributed by atoms with Crippen molar-refractivity contribution in [2.24, 2.45) is 0 Å². The van der Waals surface area contributed by atoms with E-state index in [2.05, 4.69) is 4.98 Å². The number of nitrogen functional groups attached to an aromatic ring is 1. The molecular formula is C11H12N2O2. The molecule has 0 atom stereocenters. The highest BCUT2D eigenvalue weighted by molar-refractivity contribution is 5.70. The van der Waals surface area contributed by atoms with Crippen molar-refractivity contribution in [1.82, 2.24) is 4.98 Å². The highest BCUT2D eigenvalue weighted by Crippen LogP contribution is 2.33. The van der Waals surface area contributed by atoms with Gasteiger partial charge in [-0.3, -0.25) is 0 Å². The molecule has 0 radical (unpaired) electrons. The van der Waals surface area contributed by atoms with Crippen molar-refractivity contribution in [3.8, 4) is 17.1 Å². The molecule has 4 heteroatoms. The Hall–Kier alpha value is -1.97. The first-order chi connectivity index (χ1) is 7.22. The molecule has 78 valence electrons. The second-order valence-corrected chi connectivity index (χ2v) is 3.23. The molecule has 0 saturated carbocycles. The third kappa shape index (κ3) is 1.66. The van der Waals surface area contributed by atoms with Gasteiger partial charge in [0.05, 0.1) is 18.4 Å². The number of ether oxygens (including phenoxy) is 1. The first kappa shape index (κ1) is 9.58. The summed E-state index contributed by atoms with van der Waals surface area (Å²) in [5.74, 6) is 1.40. The van der Waals surface area contributed by atoms with Crippen LogP contribution in [0.3, 0.4) is 0 Å². The number of benzene rings is 1. The molecule has 0 saturated heterocycles. The van der Waals surface area contributed by atoms with Crippen LogP contribution in [-0.2, 0) is 0 Å². The average molecular weight is 204 g/mol. The van der Waals surface area contributed by atoms with Crippen LogP contribution in [0.5, 0.6) is 5.75 Å². The monoisotopic (exact) mass is 204 g/mol. The fraction of sp³-hybridized carbons (Fsp3) is 0.182. The molecule has 2 N–H and O–H groups in total. The number of anilines is 1. The van der Waals surface area contributed by atoms with Gasteiger partial charge in [0.2, 0.25) is 0 Å². The predicted octanol–water partition coefficient (Wildman–Crippen LogP) is 2.24. The summed E-state index contributed by atoms with van der Waals surface area (Å²) in [5, 5.41) is 0. The molecule has 0 bridgehead atoms. The van der Waals surface area contributed by atoms with Gasteiger partial charge in [-0.05, 0) is 19.1 Å². The van der Waals surface area contributed by atoms with E-state index in [1.165, 1.54) is 6.39 Å². The SMILES string of the molecule is COc1cc(N)ccc1-c1ocnc1C. The maximum absolute atomic E-state index is 5.67. The van der Waals surface area contributed by atoms with Crippen LogP contribution in [0.4, 0.5) is 5.69 Å². The Bertz CT molecular complexity index is 477. The van der Waals surface area contributed by atoms with Gasteiger partial charge in [-0.1, -0.05) is 0 Å². The molecule has 0 aliphatic heterocycles. The lowest BCUT2D eigenvalue weighted by atomic mass is 10.1. The topological polar surface area (TPSA) is 61.3 Å². The molecule has 0 aliphatic rings. The number of aryl methyl sites for hydroxylation is 1. The number of methoxy groups -OCH3 is 1. The van der Waals surface area contributed by atoms with Gasteiger partial charge in [0, 0.05) is 11.8 Å². The van der Waals surface area contributed by atoms with E-state index in [9.17, 15) is 0 Å². The van der Waals surface area contributed by atoms with Crippen LogP contribution in [0, 0.1) is 6.92 Å². The van der Waals surface area contributed by atoms with Crippen molar-refractivity contribution < 1.29 is 9.15 Å². The average Bonchev–Trinajstić information content (AvgIpc) is 2.64. The third-order valence-corrected chi connectivity index (χ3v) is 2.22. The van der Waals surface area contributed by atoms with E-state index in [0.29, 0.717) is 17.2 Å². The Kier molecular flexibility index (Phi) is 2.33. The Morgan fingerprint density at radius 2 is 2.20 bits per heavy atom. The number of hydrogen-bond acceptors (Lipinski definition) is 4. The zero-order valence-corrected chi connectivity index (χ0v) is 8.65. The van der Waals surface area contributed by atoms with Crippen LogP contribution < -0.4 is 10.5 Å². The number of nitrogens with zero attached hydrogens (tertiary/aromatic N) is 1. The van der Waals surface area contributed by atoms with E-state index >= 15 is 0 Å². The van der Waals surface area contributed by atoms with Crippen LogP contribution in [-0.4, -0.2) is 12.1 Å². The zero-order valence-electron chi connectivity index (χ0n) is 8.65. The molecular weight excluding hydrogens is 192 g/mol.